The van der Waals surface area contributed by atoms with Gasteiger partial charge in [0, 0.05) is 17.3 Å². The largest absolute Gasteiger partial charge is 0.417 e. The van der Waals surface area contributed by atoms with Gasteiger partial charge in [-0.25, -0.2) is 0 Å². The molecular weight excluding hydrogens is 299 g/mol. The van der Waals surface area contributed by atoms with Gasteiger partial charge in [0.1, 0.15) is 4.99 Å². The van der Waals surface area contributed by atoms with E-state index in [0.717, 1.165) is 32.0 Å². The Bertz CT molecular complexity index is 523. The van der Waals surface area contributed by atoms with Gasteiger partial charge in [0.05, 0.1) is 5.56 Å². The molecule has 21 heavy (non-hydrogen) atoms. The van der Waals surface area contributed by atoms with Crippen LogP contribution in [0, 0.1) is 0 Å². The Hall–Kier alpha value is -1.34. The van der Waals surface area contributed by atoms with E-state index in [-0.39, 0.29) is 16.6 Å². The quantitative estimate of drug-likeness (QED) is 0.841. The van der Waals surface area contributed by atoms with Crippen molar-refractivity contribution < 1.29 is 13.2 Å². The molecule has 3 N–H and O–H groups in total. The first kappa shape index (κ1) is 16.0. The molecule has 0 amide bonds. The molecule has 0 aromatic heterocycles. The molecule has 0 atom stereocenters. The number of piperidine rings is 1. The van der Waals surface area contributed by atoms with Crippen molar-refractivity contribution in [1.29, 1.82) is 0 Å². The van der Waals surface area contributed by atoms with Gasteiger partial charge in [-0.3, -0.25) is 0 Å². The summed E-state index contributed by atoms with van der Waals surface area (Å²) < 4.78 is 38.7. The molecule has 1 heterocycles. The lowest BCUT2D eigenvalue weighted by Crippen LogP contribution is -2.36. The van der Waals surface area contributed by atoms with E-state index in [1.165, 1.54) is 12.1 Å². The van der Waals surface area contributed by atoms with Gasteiger partial charge in [0.25, 0.3) is 0 Å². The number of rotatable bonds is 3. The highest BCUT2D eigenvalue weighted by Gasteiger charge is 2.34. The number of alkyl halides is 3. The summed E-state index contributed by atoms with van der Waals surface area (Å²) in [6.07, 6.45) is -2.54. The summed E-state index contributed by atoms with van der Waals surface area (Å²) >= 11 is 4.74. The van der Waals surface area contributed by atoms with E-state index >= 15 is 0 Å². The Balaban J connectivity index is 2.18. The number of nitrogens with two attached hydrogens (primary N) is 1. The highest BCUT2D eigenvalue weighted by molar-refractivity contribution is 7.80. The van der Waals surface area contributed by atoms with Gasteiger partial charge in [-0.15, -0.1) is 0 Å². The SMILES string of the molecule is CN1CCC(Nc2ccc(C(F)(F)F)c(C(N)=S)c2)CC1. The van der Waals surface area contributed by atoms with Gasteiger partial charge in [-0.05, 0) is 51.2 Å². The molecule has 1 aliphatic rings. The van der Waals surface area contributed by atoms with Crippen molar-refractivity contribution in [2.24, 2.45) is 5.73 Å². The smallest absolute Gasteiger partial charge is 0.389 e. The molecule has 7 heteroatoms. The van der Waals surface area contributed by atoms with Crippen LogP contribution in [-0.4, -0.2) is 36.1 Å². The molecule has 116 valence electrons. The van der Waals surface area contributed by atoms with Crippen molar-refractivity contribution in [1.82, 2.24) is 4.90 Å². The maximum Gasteiger partial charge on any atom is 0.417 e. The fourth-order valence-electron chi connectivity index (χ4n) is 2.47. The molecule has 0 bridgehead atoms. The Kier molecular flexibility index (Phi) is 4.73. The van der Waals surface area contributed by atoms with Crippen molar-refractivity contribution in [2.75, 3.05) is 25.5 Å². The summed E-state index contributed by atoms with van der Waals surface area (Å²) in [5.74, 6) is 0. The van der Waals surface area contributed by atoms with E-state index in [1.807, 2.05) is 0 Å². The Morgan fingerprint density at radius 1 is 1.33 bits per heavy atom. The van der Waals surface area contributed by atoms with Gasteiger partial charge in [-0.2, -0.15) is 13.2 Å². The molecule has 1 aromatic rings. The molecule has 1 fully saturated rings. The summed E-state index contributed by atoms with van der Waals surface area (Å²) in [5, 5.41) is 3.27. The number of hydrogen-bond donors (Lipinski definition) is 2. The molecule has 2 rings (SSSR count). The van der Waals surface area contributed by atoms with Gasteiger partial charge >= 0.3 is 6.18 Å². The van der Waals surface area contributed by atoms with Crippen LogP contribution in [0.1, 0.15) is 24.0 Å². The standard InChI is InChI=1S/C14H18F3N3S/c1-20-6-4-9(5-7-20)19-10-2-3-12(14(15,16)17)11(8-10)13(18)21/h2-3,8-9,19H,4-7H2,1H3,(H2,18,21). The molecular formula is C14H18F3N3S. The summed E-state index contributed by atoms with van der Waals surface area (Å²) in [5.41, 5.74) is 5.14. The van der Waals surface area contributed by atoms with E-state index in [0.29, 0.717) is 5.69 Å². The van der Waals surface area contributed by atoms with Gasteiger partial charge < -0.3 is 16.0 Å². The Morgan fingerprint density at radius 3 is 2.48 bits per heavy atom. The van der Waals surface area contributed by atoms with Crippen LogP contribution in [-0.2, 0) is 6.18 Å². The van der Waals surface area contributed by atoms with E-state index < -0.39 is 11.7 Å². The number of halogens is 3. The van der Waals surface area contributed by atoms with Crippen LogP contribution < -0.4 is 11.1 Å². The second-order valence-electron chi connectivity index (χ2n) is 5.34. The normalized spacial score (nSPS) is 17.7. The van der Waals surface area contributed by atoms with Crippen LogP contribution in [0.25, 0.3) is 0 Å². The molecule has 1 aliphatic heterocycles. The highest BCUT2D eigenvalue weighted by atomic mass is 32.1. The van der Waals surface area contributed by atoms with Crippen molar-refractivity contribution in [3.8, 4) is 0 Å². The second kappa shape index (κ2) is 6.19. The number of likely N-dealkylation sites (tertiary alicyclic amines) is 1. The summed E-state index contributed by atoms with van der Waals surface area (Å²) in [6, 6.07) is 4.12. The van der Waals surface area contributed by atoms with E-state index in [2.05, 4.69) is 17.3 Å². The summed E-state index contributed by atoms with van der Waals surface area (Å²) in [4.78, 5) is 1.99. The predicted octanol–water partition coefficient (Wildman–Crippen LogP) is 2.85. The van der Waals surface area contributed by atoms with Crippen LogP contribution in [0.5, 0.6) is 0 Å². The van der Waals surface area contributed by atoms with Crippen LogP contribution in [0.4, 0.5) is 18.9 Å². The number of thiocarbonyl (C=S) groups is 1. The van der Waals surface area contributed by atoms with Crippen molar-refractivity contribution in [3.63, 3.8) is 0 Å². The monoisotopic (exact) mass is 317 g/mol. The summed E-state index contributed by atoms with van der Waals surface area (Å²) in [7, 11) is 2.05. The molecule has 1 saturated heterocycles. The molecule has 0 saturated carbocycles. The van der Waals surface area contributed by atoms with Crippen molar-refractivity contribution in [3.05, 3.63) is 29.3 Å². The molecule has 0 spiro atoms. The van der Waals surface area contributed by atoms with Crippen LogP contribution >= 0.6 is 12.2 Å². The molecule has 0 radical (unpaired) electrons. The third-order valence-electron chi connectivity index (χ3n) is 3.68. The topological polar surface area (TPSA) is 41.3 Å². The van der Waals surface area contributed by atoms with E-state index in [9.17, 15) is 13.2 Å². The Morgan fingerprint density at radius 2 is 1.95 bits per heavy atom. The minimum atomic E-state index is -4.45. The van der Waals surface area contributed by atoms with Crippen LogP contribution in [0.3, 0.4) is 0 Å². The van der Waals surface area contributed by atoms with Crippen molar-refractivity contribution in [2.45, 2.75) is 25.1 Å². The van der Waals surface area contributed by atoms with Gasteiger partial charge in [0.15, 0.2) is 0 Å². The zero-order valence-corrected chi connectivity index (χ0v) is 12.5. The lowest BCUT2D eigenvalue weighted by atomic mass is 10.0. The fraction of sp³-hybridized carbons (Fsp3) is 0.500. The maximum absolute atomic E-state index is 12.9. The summed E-state index contributed by atoms with van der Waals surface area (Å²) in [6.45, 7) is 1.95. The van der Waals surface area contributed by atoms with E-state index in [1.54, 1.807) is 0 Å². The lowest BCUT2D eigenvalue weighted by molar-refractivity contribution is -0.137. The minimum Gasteiger partial charge on any atom is -0.389 e. The first-order valence-corrected chi connectivity index (χ1v) is 7.14. The Labute approximate surface area is 127 Å². The first-order chi connectivity index (χ1) is 9.77. The first-order valence-electron chi connectivity index (χ1n) is 6.73. The molecule has 0 unspecified atom stereocenters. The van der Waals surface area contributed by atoms with E-state index in [4.69, 9.17) is 18.0 Å². The third kappa shape index (κ3) is 4.07. The maximum atomic E-state index is 12.9. The number of nitrogens with one attached hydrogen (secondary N) is 1. The zero-order chi connectivity index (χ0) is 15.6. The minimum absolute atomic E-state index is 0.129. The fourth-order valence-corrected chi connectivity index (χ4v) is 2.64. The van der Waals surface area contributed by atoms with Gasteiger partial charge in [0.2, 0.25) is 0 Å². The third-order valence-corrected chi connectivity index (χ3v) is 3.90. The number of hydrogen-bond acceptors (Lipinski definition) is 3. The average molecular weight is 317 g/mol. The number of anilines is 1. The van der Waals surface area contributed by atoms with Crippen LogP contribution in [0.2, 0.25) is 0 Å². The number of nitrogens with zero attached hydrogens (tertiary/aromatic N) is 1. The van der Waals surface area contributed by atoms with Crippen LogP contribution in [0.15, 0.2) is 18.2 Å². The predicted molar refractivity (Wildman–Crippen MR) is 81.5 cm³/mol. The molecule has 1 aromatic carbocycles. The molecule has 3 nitrogen and oxygen atoms in total. The van der Waals surface area contributed by atoms with Crippen molar-refractivity contribution >= 4 is 22.9 Å². The number of benzene rings is 1. The second-order valence-corrected chi connectivity index (χ2v) is 5.78. The highest BCUT2D eigenvalue weighted by Crippen LogP contribution is 2.33. The lowest BCUT2D eigenvalue weighted by Gasteiger charge is -2.30. The zero-order valence-electron chi connectivity index (χ0n) is 11.7. The molecule has 0 aliphatic carbocycles. The van der Waals surface area contributed by atoms with Gasteiger partial charge in [-0.1, -0.05) is 12.2 Å². The average Bonchev–Trinajstić information content (AvgIpc) is 2.40.